The van der Waals surface area contributed by atoms with Crippen molar-refractivity contribution in [1.82, 2.24) is 4.98 Å². The molecule has 11 heteroatoms. The number of aromatic nitrogens is 1. The number of non-ortho nitro benzene ring substituents is 2. The molecular formula is C36H33N5O6. The molecule has 0 atom stereocenters. The molecule has 11 nitrogen and oxygen atoms in total. The van der Waals surface area contributed by atoms with Gasteiger partial charge in [0, 0.05) is 43.8 Å². The van der Waals surface area contributed by atoms with E-state index in [9.17, 15) is 20.2 Å². The Morgan fingerprint density at radius 3 is 1.43 bits per heavy atom. The van der Waals surface area contributed by atoms with Gasteiger partial charge in [0.1, 0.15) is 11.5 Å². The molecule has 0 amide bonds. The molecule has 238 valence electrons. The summed E-state index contributed by atoms with van der Waals surface area (Å²) >= 11 is 0. The standard InChI is InChI=1S/C36H33N5O6/c42-40(43)31-17-13-27(14-18-31)23-38-25-29-7-5-8-30(37-29)26-39(24-28-15-19-32(20-16-28)41(44)45)34-10-2-4-12-36(34)47-22-6-21-46-35-11-3-1-9-33(35)38/h1-5,7-20H,6,21-26H2. The summed E-state index contributed by atoms with van der Waals surface area (Å²) in [6.45, 7) is 2.76. The van der Waals surface area contributed by atoms with Crippen molar-refractivity contribution in [3.8, 4) is 11.5 Å². The van der Waals surface area contributed by atoms with Crippen LogP contribution in [0.2, 0.25) is 0 Å². The Balaban J connectivity index is 1.35. The predicted molar refractivity (Wildman–Crippen MR) is 179 cm³/mol. The molecule has 4 aromatic carbocycles. The van der Waals surface area contributed by atoms with E-state index in [-0.39, 0.29) is 11.4 Å². The van der Waals surface area contributed by atoms with Gasteiger partial charge in [-0.05, 0) is 47.5 Å². The van der Waals surface area contributed by atoms with Crippen LogP contribution in [0.15, 0.2) is 115 Å². The van der Waals surface area contributed by atoms with E-state index in [1.165, 1.54) is 24.3 Å². The Labute approximate surface area is 271 Å². The van der Waals surface area contributed by atoms with Gasteiger partial charge in [-0.2, -0.15) is 0 Å². The van der Waals surface area contributed by atoms with E-state index >= 15 is 0 Å². The van der Waals surface area contributed by atoms with Crippen LogP contribution in [0.1, 0.15) is 28.9 Å². The zero-order valence-electron chi connectivity index (χ0n) is 25.6. The summed E-state index contributed by atoms with van der Waals surface area (Å²) in [6.07, 6.45) is 0.647. The van der Waals surface area contributed by atoms with Gasteiger partial charge in [-0.1, -0.05) is 54.6 Å². The Morgan fingerprint density at radius 1 is 0.574 bits per heavy atom. The van der Waals surface area contributed by atoms with Gasteiger partial charge in [-0.15, -0.1) is 0 Å². The highest BCUT2D eigenvalue weighted by Crippen LogP contribution is 2.33. The minimum absolute atomic E-state index is 0.0434. The first-order chi connectivity index (χ1) is 22.9. The van der Waals surface area contributed by atoms with Gasteiger partial charge in [-0.3, -0.25) is 25.2 Å². The van der Waals surface area contributed by atoms with Gasteiger partial charge in [0.05, 0.1) is 58.9 Å². The van der Waals surface area contributed by atoms with Gasteiger partial charge in [0.25, 0.3) is 11.4 Å². The summed E-state index contributed by atoms with van der Waals surface area (Å²) in [5, 5.41) is 22.5. The molecule has 1 aromatic heterocycles. The molecule has 6 rings (SSSR count). The minimum atomic E-state index is -0.401. The van der Waals surface area contributed by atoms with E-state index in [2.05, 4.69) is 9.80 Å². The second-order valence-electron chi connectivity index (χ2n) is 11.2. The molecule has 0 unspecified atom stereocenters. The summed E-state index contributed by atoms with van der Waals surface area (Å²) in [5.41, 5.74) is 5.36. The average molecular weight is 632 g/mol. The quantitative estimate of drug-likeness (QED) is 0.139. The van der Waals surface area contributed by atoms with Crippen LogP contribution in [0.4, 0.5) is 22.7 Å². The maximum Gasteiger partial charge on any atom is 0.269 e. The summed E-state index contributed by atoms with van der Waals surface area (Å²) in [4.78, 5) is 31.1. The number of hydrogen-bond donors (Lipinski definition) is 0. The Morgan fingerprint density at radius 2 is 1.00 bits per heavy atom. The van der Waals surface area contributed by atoms with Crippen molar-refractivity contribution in [2.75, 3.05) is 23.0 Å². The summed E-state index contributed by atoms with van der Waals surface area (Å²) in [6, 6.07) is 34.8. The van der Waals surface area contributed by atoms with Crippen LogP contribution >= 0.6 is 0 Å². The topological polar surface area (TPSA) is 124 Å². The van der Waals surface area contributed by atoms with Crippen LogP contribution in [0.5, 0.6) is 11.5 Å². The van der Waals surface area contributed by atoms with E-state index in [4.69, 9.17) is 14.5 Å². The third-order valence-electron chi connectivity index (χ3n) is 7.83. The number of fused-ring (bicyclic) bond motifs is 4. The van der Waals surface area contributed by atoms with Crippen LogP contribution < -0.4 is 19.3 Å². The number of ether oxygens (including phenoxy) is 2. The first kappa shape index (κ1) is 31.0. The van der Waals surface area contributed by atoms with Gasteiger partial charge < -0.3 is 19.3 Å². The lowest BCUT2D eigenvalue weighted by Crippen LogP contribution is -2.26. The van der Waals surface area contributed by atoms with Crippen molar-refractivity contribution in [3.63, 3.8) is 0 Å². The summed E-state index contributed by atoms with van der Waals surface area (Å²) < 4.78 is 12.6. The normalized spacial score (nSPS) is 13.4. The monoisotopic (exact) mass is 631 g/mol. The molecule has 0 fully saturated rings. The Hall–Kier alpha value is -5.97. The van der Waals surface area contributed by atoms with Crippen molar-refractivity contribution in [3.05, 3.63) is 158 Å². The molecule has 0 saturated heterocycles. The molecule has 0 saturated carbocycles. The number of para-hydroxylation sites is 4. The predicted octanol–water partition coefficient (Wildman–Crippen LogP) is 7.47. The van der Waals surface area contributed by atoms with Crippen molar-refractivity contribution in [2.24, 2.45) is 0 Å². The van der Waals surface area contributed by atoms with Gasteiger partial charge in [0.15, 0.2) is 0 Å². The molecule has 5 aromatic rings. The smallest absolute Gasteiger partial charge is 0.269 e. The molecule has 47 heavy (non-hydrogen) atoms. The SMILES string of the molecule is O=[N+]([O-])c1ccc(CN2Cc3cccc(n3)CN(Cc3ccc([N+](=O)[O-])cc3)c3ccccc3OCCCOc3ccccc32)cc1. The van der Waals surface area contributed by atoms with Crippen molar-refractivity contribution in [2.45, 2.75) is 32.6 Å². The molecule has 0 N–H and O–H groups in total. The lowest BCUT2D eigenvalue weighted by Gasteiger charge is -2.29. The molecule has 1 aliphatic rings. The number of nitrogens with zero attached hydrogens (tertiary/aromatic N) is 5. The van der Waals surface area contributed by atoms with Gasteiger partial charge >= 0.3 is 0 Å². The first-order valence-electron chi connectivity index (χ1n) is 15.3. The van der Waals surface area contributed by atoms with Gasteiger partial charge in [0.2, 0.25) is 0 Å². The van der Waals surface area contributed by atoms with Crippen molar-refractivity contribution in [1.29, 1.82) is 0 Å². The number of anilines is 2. The lowest BCUT2D eigenvalue weighted by molar-refractivity contribution is -0.385. The van der Waals surface area contributed by atoms with E-state index in [1.807, 2.05) is 66.7 Å². The molecule has 1 aliphatic heterocycles. The first-order valence-corrected chi connectivity index (χ1v) is 15.3. The van der Waals surface area contributed by atoms with Crippen molar-refractivity contribution >= 4 is 22.7 Å². The largest absolute Gasteiger partial charge is 0.491 e. The van der Waals surface area contributed by atoms with E-state index in [0.29, 0.717) is 45.8 Å². The van der Waals surface area contributed by atoms with Crippen LogP contribution in [0.3, 0.4) is 0 Å². The molecule has 0 aliphatic carbocycles. The number of rotatable bonds is 6. The second-order valence-corrected chi connectivity index (χ2v) is 11.2. The molecule has 0 radical (unpaired) electrons. The molecule has 2 bridgehead atoms. The Bertz CT molecular complexity index is 1720. The average Bonchev–Trinajstić information content (AvgIpc) is 3.08. The maximum absolute atomic E-state index is 11.2. The molecular weight excluding hydrogens is 598 g/mol. The molecule has 0 spiro atoms. The fraction of sp³-hybridized carbons (Fsp3) is 0.194. The van der Waals surface area contributed by atoms with Crippen molar-refractivity contribution < 1.29 is 19.3 Å². The third-order valence-corrected chi connectivity index (χ3v) is 7.83. The highest BCUT2D eigenvalue weighted by Gasteiger charge is 2.19. The number of pyridine rings is 1. The zero-order valence-corrected chi connectivity index (χ0v) is 25.6. The minimum Gasteiger partial charge on any atom is -0.491 e. The van der Waals surface area contributed by atoms with Crippen LogP contribution in [0.25, 0.3) is 0 Å². The number of benzene rings is 4. The number of nitro benzene ring substituents is 2. The van der Waals surface area contributed by atoms with Crippen LogP contribution in [-0.2, 0) is 26.2 Å². The third kappa shape index (κ3) is 7.82. The van der Waals surface area contributed by atoms with E-state index in [0.717, 1.165) is 45.4 Å². The highest BCUT2D eigenvalue weighted by atomic mass is 16.6. The fourth-order valence-corrected chi connectivity index (χ4v) is 5.54. The number of hydrogen-bond acceptors (Lipinski definition) is 9. The van der Waals surface area contributed by atoms with Crippen LogP contribution in [-0.4, -0.2) is 28.0 Å². The second kappa shape index (κ2) is 14.4. The lowest BCUT2D eigenvalue weighted by atomic mass is 10.1. The zero-order chi connectivity index (χ0) is 32.6. The highest BCUT2D eigenvalue weighted by molar-refractivity contribution is 5.60. The fourth-order valence-electron chi connectivity index (χ4n) is 5.54. The summed E-state index contributed by atoms with van der Waals surface area (Å²) in [7, 11) is 0. The van der Waals surface area contributed by atoms with Gasteiger partial charge in [-0.25, -0.2) is 0 Å². The van der Waals surface area contributed by atoms with Crippen LogP contribution in [0, 0.1) is 20.2 Å². The summed E-state index contributed by atoms with van der Waals surface area (Å²) in [5.74, 6) is 1.46. The molecule has 2 heterocycles. The number of nitro groups is 2. The Kier molecular flexibility index (Phi) is 9.52. The van der Waals surface area contributed by atoms with E-state index in [1.54, 1.807) is 24.3 Å². The van der Waals surface area contributed by atoms with E-state index < -0.39 is 9.85 Å². The maximum atomic E-state index is 11.2.